The molecule has 0 spiro atoms. The largest absolute Gasteiger partial charge is 0.327 e. The third-order valence-corrected chi connectivity index (χ3v) is 2.15. The SMILES string of the molecule is N[C@@H]1CCCN(CCCF)C1. The quantitative estimate of drug-likeness (QED) is 0.660. The van der Waals surface area contributed by atoms with Gasteiger partial charge in [0.2, 0.25) is 0 Å². The molecule has 0 aromatic heterocycles. The van der Waals surface area contributed by atoms with Crippen LogP contribution in [0, 0.1) is 0 Å². The van der Waals surface area contributed by atoms with Crippen molar-refractivity contribution in [1.29, 1.82) is 0 Å². The topological polar surface area (TPSA) is 29.3 Å². The minimum Gasteiger partial charge on any atom is -0.327 e. The Balaban J connectivity index is 2.12. The van der Waals surface area contributed by atoms with Gasteiger partial charge in [-0.15, -0.1) is 0 Å². The minimum absolute atomic E-state index is 0.203. The van der Waals surface area contributed by atoms with E-state index in [1.54, 1.807) is 0 Å². The van der Waals surface area contributed by atoms with Gasteiger partial charge in [-0.05, 0) is 25.8 Å². The lowest BCUT2D eigenvalue weighted by Crippen LogP contribution is -2.43. The van der Waals surface area contributed by atoms with Gasteiger partial charge in [-0.1, -0.05) is 0 Å². The van der Waals surface area contributed by atoms with Crippen LogP contribution in [-0.4, -0.2) is 37.3 Å². The molecule has 1 fully saturated rings. The van der Waals surface area contributed by atoms with Gasteiger partial charge < -0.3 is 10.6 Å². The maximum absolute atomic E-state index is 11.8. The first-order valence-corrected chi connectivity index (χ1v) is 4.37. The minimum atomic E-state index is -0.203. The number of halogens is 1. The summed E-state index contributed by atoms with van der Waals surface area (Å²) in [6.07, 6.45) is 2.96. The Bertz CT molecular complexity index is 108. The Hall–Kier alpha value is -0.150. The average Bonchev–Trinajstić information content (AvgIpc) is 2.01. The van der Waals surface area contributed by atoms with Crippen molar-refractivity contribution >= 4 is 0 Å². The van der Waals surface area contributed by atoms with Crippen LogP contribution in [0.15, 0.2) is 0 Å². The summed E-state index contributed by atoms with van der Waals surface area (Å²) >= 11 is 0. The predicted octanol–water partition coefficient (Wildman–Crippen LogP) is 0.769. The van der Waals surface area contributed by atoms with Gasteiger partial charge >= 0.3 is 0 Å². The Morgan fingerprint density at radius 1 is 1.55 bits per heavy atom. The highest BCUT2D eigenvalue weighted by Crippen LogP contribution is 2.07. The smallest absolute Gasteiger partial charge is 0.0906 e. The fraction of sp³-hybridized carbons (Fsp3) is 1.00. The van der Waals surface area contributed by atoms with Crippen LogP contribution in [0.4, 0.5) is 4.39 Å². The fourth-order valence-corrected chi connectivity index (χ4v) is 1.58. The number of hydrogen-bond donors (Lipinski definition) is 1. The average molecular weight is 160 g/mol. The molecular formula is C8H17FN2. The molecule has 0 aliphatic carbocycles. The van der Waals surface area contributed by atoms with Crippen molar-refractivity contribution in [2.75, 3.05) is 26.3 Å². The van der Waals surface area contributed by atoms with Gasteiger partial charge in [-0.25, -0.2) is 0 Å². The molecule has 3 heteroatoms. The van der Waals surface area contributed by atoms with Gasteiger partial charge in [0.1, 0.15) is 0 Å². The van der Waals surface area contributed by atoms with Crippen molar-refractivity contribution in [2.24, 2.45) is 5.73 Å². The summed E-state index contributed by atoms with van der Waals surface area (Å²) in [5, 5.41) is 0. The Morgan fingerprint density at radius 2 is 2.36 bits per heavy atom. The van der Waals surface area contributed by atoms with Gasteiger partial charge in [-0.3, -0.25) is 4.39 Å². The number of alkyl halides is 1. The van der Waals surface area contributed by atoms with Gasteiger partial charge in [-0.2, -0.15) is 0 Å². The van der Waals surface area contributed by atoms with Gasteiger partial charge in [0.05, 0.1) is 6.67 Å². The first-order chi connectivity index (χ1) is 5.33. The molecule has 0 unspecified atom stereocenters. The van der Waals surface area contributed by atoms with Crippen molar-refractivity contribution in [3.05, 3.63) is 0 Å². The summed E-state index contributed by atoms with van der Waals surface area (Å²) in [6.45, 7) is 2.74. The zero-order valence-electron chi connectivity index (χ0n) is 6.93. The predicted molar refractivity (Wildman–Crippen MR) is 44.2 cm³/mol. The lowest BCUT2D eigenvalue weighted by molar-refractivity contribution is 0.201. The van der Waals surface area contributed by atoms with E-state index in [9.17, 15) is 4.39 Å². The third kappa shape index (κ3) is 3.16. The molecule has 1 saturated heterocycles. The van der Waals surface area contributed by atoms with Crippen molar-refractivity contribution in [2.45, 2.75) is 25.3 Å². The van der Waals surface area contributed by atoms with E-state index < -0.39 is 0 Å². The second-order valence-corrected chi connectivity index (χ2v) is 3.25. The summed E-state index contributed by atoms with van der Waals surface area (Å²) in [7, 11) is 0. The van der Waals surface area contributed by atoms with Crippen molar-refractivity contribution in [3.63, 3.8) is 0 Å². The molecule has 2 nitrogen and oxygen atoms in total. The number of nitrogens with zero attached hydrogens (tertiary/aromatic N) is 1. The van der Waals surface area contributed by atoms with Crippen LogP contribution in [0.25, 0.3) is 0 Å². The summed E-state index contributed by atoms with van der Waals surface area (Å²) in [5.74, 6) is 0. The third-order valence-electron chi connectivity index (χ3n) is 2.15. The number of rotatable bonds is 3. The van der Waals surface area contributed by atoms with Crippen LogP contribution in [0.5, 0.6) is 0 Å². The van der Waals surface area contributed by atoms with Crippen LogP contribution in [-0.2, 0) is 0 Å². The van der Waals surface area contributed by atoms with Gasteiger partial charge in [0, 0.05) is 19.1 Å². The van der Waals surface area contributed by atoms with E-state index in [0.717, 1.165) is 26.1 Å². The van der Waals surface area contributed by atoms with E-state index in [0.29, 0.717) is 12.5 Å². The molecule has 1 atom stereocenters. The van der Waals surface area contributed by atoms with Crippen molar-refractivity contribution < 1.29 is 4.39 Å². The summed E-state index contributed by atoms with van der Waals surface area (Å²) in [5.41, 5.74) is 5.76. The second kappa shape index (κ2) is 4.67. The maximum Gasteiger partial charge on any atom is 0.0906 e. The Kier molecular flexibility index (Phi) is 3.80. The van der Waals surface area contributed by atoms with Crippen LogP contribution >= 0.6 is 0 Å². The number of piperidine rings is 1. The molecule has 1 aliphatic rings. The Labute approximate surface area is 67.6 Å². The number of likely N-dealkylation sites (tertiary alicyclic amines) is 1. The molecule has 11 heavy (non-hydrogen) atoms. The molecule has 0 amide bonds. The highest BCUT2D eigenvalue weighted by atomic mass is 19.1. The standard InChI is InChI=1S/C8H17FN2/c9-4-2-6-11-5-1-3-8(10)7-11/h8H,1-7,10H2/t8-/m1/s1. The molecule has 0 aromatic carbocycles. The normalized spacial score (nSPS) is 27.3. The number of nitrogens with two attached hydrogens (primary N) is 1. The van der Waals surface area contributed by atoms with Gasteiger partial charge in [0.25, 0.3) is 0 Å². The lowest BCUT2D eigenvalue weighted by Gasteiger charge is -2.30. The van der Waals surface area contributed by atoms with E-state index >= 15 is 0 Å². The molecule has 1 rings (SSSR count). The van der Waals surface area contributed by atoms with Crippen LogP contribution in [0.3, 0.4) is 0 Å². The Morgan fingerprint density at radius 3 is 3.00 bits per heavy atom. The molecule has 0 saturated carbocycles. The van der Waals surface area contributed by atoms with Crippen molar-refractivity contribution in [1.82, 2.24) is 4.90 Å². The first kappa shape index (κ1) is 8.94. The lowest BCUT2D eigenvalue weighted by atomic mass is 10.1. The summed E-state index contributed by atoms with van der Waals surface area (Å²) < 4.78 is 11.8. The van der Waals surface area contributed by atoms with Gasteiger partial charge in [0.15, 0.2) is 0 Å². The second-order valence-electron chi connectivity index (χ2n) is 3.25. The molecule has 2 N–H and O–H groups in total. The van der Waals surface area contributed by atoms with E-state index in [1.807, 2.05) is 0 Å². The van der Waals surface area contributed by atoms with E-state index in [1.165, 1.54) is 6.42 Å². The summed E-state index contributed by atoms with van der Waals surface area (Å²) in [4.78, 5) is 2.26. The molecule has 1 heterocycles. The monoisotopic (exact) mass is 160 g/mol. The molecule has 0 aromatic rings. The highest BCUT2D eigenvalue weighted by molar-refractivity contribution is 4.74. The molecule has 0 radical (unpaired) electrons. The zero-order valence-corrected chi connectivity index (χ0v) is 6.93. The summed E-state index contributed by atoms with van der Waals surface area (Å²) in [6, 6.07) is 0.323. The molecule has 1 aliphatic heterocycles. The number of hydrogen-bond acceptors (Lipinski definition) is 2. The fourth-order valence-electron chi connectivity index (χ4n) is 1.58. The zero-order chi connectivity index (χ0) is 8.10. The van der Waals surface area contributed by atoms with Crippen molar-refractivity contribution in [3.8, 4) is 0 Å². The highest BCUT2D eigenvalue weighted by Gasteiger charge is 2.15. The van der Waals surface area contributed by atoms with E-state index in [4.69, 9.17) is 5.73 Å². The van der Waals surface area contributed by atoms with E-state index in [2.05, 4.69) is 4.90 Å². The first-order valence-electron chi connectivity index (χ1n) is 4.37. The van der Waals surface area contributed by atoms with Crippen LogP contribution in [0.2, 0.25) is 0 Å². The molecule has 66 valence electrons. The van der Waals surface area contributed by atoms with E-state index in [-0.39, 0.29) is 6.67 Å². The maximum atomic E-state index is 11.8. The molecular weight excluding hydrogens is 143 g/mol. The van der Waals surface area contributed by atoms with Crippen LogP contribution < -0.4 is 5.73 Å². The molecule has 0 bridgehead atoms. The van der Waals surface area contributed by atoms with Crippen LogP contribution in [0.1, 0.15) is 19.3 Å².